The average molecular weight is 2070 g/mol. The zero-order valence-electron chi connectivity index (χ0n) is 89.8. The number of ether oxygens (including phenoxy) is 33. The molecule has 37 heteroatoms. The fourth-order valence-electron chi connectivity index (χ4n) is 11.3. The zero-order valence-corrected chi connectivity index (χ0v) is 89.8. The Bertz CT molecular complexity index is 3590. The molecule has 145 heavy (non-hydrogen) atoms. The van der Waals surface area contributed by atoms with E-state index in [0.29, 0.717) is 337 Å². The number of esters is 2. The summed E-state index contributed by atoms with van der Waals surface area (Å²) in [6.45, 7) is 50.9. The molecule has 2 N–H and O–H groups in total. The van der Waals surface area contributed by atoms with E-state index in [1.165, 1.54) is 13.8 Å². The van der Waals surface area contributed by atoms with Crippen molar-refractivity contribution >= 4 is 45.4 Å². The van der Waals surface area contributed by atoms with Crippen LogP contribution in [-0.2, 0) is 178 Å². The number of allylic oxidation sites excluding steroid dienone is 3. The standard InChI is InChI=1S/C26H46O10.3C26H42O8.C4H6O3/c1-25(27,22-35-18-17-33-15-13-31-11-9-29-3)24-7-5-23(6-8-24)21-26(2,28)36-20-19-34-16-14-32-12-10-30-4;3*1-23(21-33-19-17-31-15-13-29-11-9-27-3)25-5-7-26(8-6-25)24(2)22-34-20-18-32-16-14-30-12-10-28-4;1-3(5)7-4(2)6/h5-8,27-28H,9-22H2,1-4H3;5-8,21-22H,9-20H2,1-4H3;5-8,22H,1,9-21H2,2-4H3;5-8H,1-2,9-22H2,3-4H3;1-2H3. The highest BCUT2D eigenvalue weighted by Gasteiger charge is 2.26. The Hall–Kier alpha value is -7.38. The van der Waals surface area contributed by atoms with Crippen molar-refractivity contribution in [1.29, 1.82) is 0 Å². The molecule has 0 aliphatic carbocycles. The molecule has 0 bridgehead atoms. The molecule has 0 aromatic heterocycles. The van der Waals surface area contributed by atoms with E-state index in [1.807, 2.05) is 81.4 Å². The van der Waals surface area contributed by atoms with Crippen molar-refractivity contribution in [1.82, 2.24) is 0 Å². The molecule has 0 saturated carbocycles. The van der Waals surface area contributed by atoms with Crippen LogP contribution in [-0.4, -0.2) is 428 Å². The maximum absolute atomic E-state index is 10.8. The van der Waals surface area contributed by atoms with Gasteiger partial charge >= 0.3 is 11.9 Å². The lowest BCUT2D eigenvalue weighted by Crippen LogP contribution is -2.32. The van der Waals surface area contributed by atoms with E-state index < -0.39 is 23.3 Å². The molecule has 2 atom stereocenters. The molecule has 0 fully saturated rings. The van der Waals surface area contributed by atoms with E-state index in [1.54, 1.807) is 89.5 Å². The van der Waals surface area contributed by atoms with E-state index in [2.05, 4.69) is 60.9 Å². The summed E-state index contributed by atoms with van der Waals surface area (Å²) in [4.78, 5) is 19.6. The van der Waals surface area contributed by atoms with Gasteiger partial charge in [0, 0.05) is 77.1 Å². The highest BCUT2D eigenvalue weighted by Crippen LogP contribution is 2.26. The van der Waals surface area contributed by atoms with Gasteiger partial charge in [0.25, 0.3) is 0 Å². The number of aliphatic hydroxyl groups is 2. The predicted molar refractivity (Wildman–Crippen MR) is 555 cm³/mol. The number of benzene rings is 4. The number of carbonyl (C=O) groups excluding carboxylic acids is 2. The first-order chi connectivity index (χ1) is 70.5. The molecule has 4 rings (SSSR count). The van der Waals surface area contributed by atoms with Crippen LogP contribution >= 0.6 is 0 Å². The molecule has 0 amide bonds. The second-order valence-electron chi connectivity index (χ2n) is 31.8. The number of hydrogen-bond donors (Lipinski definition) is 2. The summed E-state index contributed by atoms with van der Waals surface area (Å²) in [7, 11) is 13.2. The summed E-state index contributed by atoms with van der Waals surface area (Å²) >= 11 is 0. The van der Waals surface area contributed by atoms with Crippen molar-refractivity contribution in [2.75, 3.05) is 400 Å². The molecule has 0 radical (unpaired) electrons. The minimum atomic E-state index is -1.33. The number of rotatable bonds is 93. The van der Waals surface area contributed by atoms with E-state index in [-0.39, 0.29) is 13.2 Å². The fraction of sp³-hybridized carbons (Fsp3) is 0.648. The second-order valence-corrected chi connectivity index (χ2v) is 31.8. The molecule has 0 aliphatic rings. The number of carbonyl (C=O) groups is 2. The van der Waals surface area contributed by atoms with Gasteiger partial charge < -0.3 is 167 Å². The number of methoxy groups -OCH3 is 8. The molecule has 37 nitrogen and oxygen atoms in total. The van der Waals surface area contributed by atoms with Crippen LogP contribution in [0.25, 0.3) is 33.4 Å². The molecule has 832 valence electrons. The third-order valence-corrected chi connectivity index (χ3v) is 19.2. The molecule has 0 spiro atoms. The average Bonchev–Trinajstić information content (AvgIpc) is 0.835. The molecular formula is C108H178O37. The Kier molecular flexibility index (Phi) is 96.0. The summed E-state index contributed by atoms with van der Waals surface area (Å²) in [6.07, 6.45) is 5.59. The lowest BCUT2D eigenvalue weighted by atomic mass is 9.94. The fourth-order valence-corrected chi connectivity index (χ4v) is 11.3. The van der Waals surface area contributed by atoms with E-state index in [0.717, 1.165) is 77.9 Å². The summed E-state index contributed by atoms with van der Waals surface area (Å²) < 4.78 is 174. The van der Waals surface area contributed by atoms with Gasteiger partial charge in [0.05, 0.1) is 343 Å². The Morgan fingerprint density at radius 2 is 0.434 bits per heavy atom. The molecular weight excluding hydrogens is 1890 g/mol. The highest BCUT2D eigenvalue weighted by molar-refractivity contribution is 5.82. The van der Waals surface area contributed by atoms with E-state index >= 15 is 0 Å². The maximum Gasteiger partial charge on any atom is 0.310 e. The van der Waals surface area contributed by atoms with Crippen molar-refractivity contribution in [3.05, 3.63) is 180 Å². The lowest BCUT2D eigenvalue weighted by Gasteiger charge is -2.26. The Morgan fingerprint density at radius 3 is 0.641 bits per heavy atom. The van der Waals surface area contributed by atoms with E-state index in [9.17, 15) is 19.8 Å². The van der Waals surface area contributed by atoms with Crippen LogP contribution in [0.5, 0.6) is 0 Å². The lowest BCUT2D eigenvalue weighted by molar-refractivity contribution is -0.195. The van der Waals surface area contributed by atoms with Crippen molar-refractivity contribution in [2.45, 2.75) is 66.3 Å². The molecule has 0 aliphatic heterocycles. The van der Waals surface area contributed by atoms with Crippen LogP contribution in [0.15, 0.2) is 136 Å². The van der Waals surface area contributed by atoms with Crippen LogP contribution in [0.4, 0.5) is 0 Å². The van der Waals surface area contributed by atoms with Gasteiger partial charge in [-0.25, -0.2) is 0 Å². The highest BCUT2D eigenvalue weighted by atomic mass is 16.6. The predicted octanol–water partition coefficient (Wildman–Crippen LogP) is 12.0. The number of hydrogen-bond acceptors (Lipinski definition) is 37. The van der Waals surface area contributed by atoms with Crippen LogP contribution < -0.4 is 0 Å². The van der Waals surface area contributed by atoms with Crippen molar-refractivity contribution in [2.24, 2.45) is 0 Å². The first-order valence-electron chi connectivity index (χ1n) is 49.0. The first-order valence-corrected chi connectivity index (χ1v) is 49.0. The van der Waals surface area contributed by atoms with Gasteiger partial charge in [-0.05, 0) is 113 Å². The molecule has 2 unspecified atom stereocenters. The Labute approximate surface area is 864 Å². The van der Waals surface area contributed by atoms with Gasteiger partial charge in [-0.15, -0.1) is 0 Å². The normalized spacial score (nSPS) is 12.3. The minimum absolute atomic E-state index is 0.137. The van der Waals surface area contributed by atoms with Gasteiger partial charge in [-0.1, -0.05) is 117 Å². The first kappa shape index (κ1) is 138. The Balaban J connectivity index is 0.00000186. The Morgan fingerprint density at radius 1 is 0.248 bits per heavy atom. The van der Waals surface area contributed by atoms with Crippen LogP contribution in [0.3, 0.4) is 0 Å². The smallest absolute Gasteiger partial charge is 0.310 e. The topological polar surface area (TPSA) is 379 Å². The van der Waals surface area contributed by atoms with Crippen LogP contribution in [0.2, 0.25) is 0 Å². The minimum Gasteiger partial charge on any atom is -0.498 e. The van der Waals surface area contributed by atoms with Crippen LogP contribution in [0, 0.1) is 0 Å². The largest absolute Gasteiger partial charge is 0.498 e. The van der Waals surface area contributed by atoms with Crippen LogP contribution in [0.1, 0.15) is 93.0 Å². The van der Waals surface area contributed by atoms with Crippen molar-refractivity contribution in [3.8, 4) is 0 Å². The summed E-state index contributed by atoms with van der Waals surface area (Å²) in [5, 5.41) is 21.3. The molecule has 4 aromatic carbocycles. The van der Waals surface area contributed by atoms with Crippen molar-refractivity contribution < 1.29 is 176 Å². The SMILES string of the molecule is C=C(COCCOCCOCCOC)c1ccc(C(=C)COCCOCCOCCOC)cc1.C=C(COCCOCCOCCOC)c1ccc(C(C)=COCCOCCOCCOC)cc1.CC(=O)OC(C)=O.COCCOCCOCCOC=C(C)c1ccc(C(C)=COCCOCCOCCOC)cc1.COCCOCCOCCOCC(C)(O)c1ccc(CC(C)(O)OCCOCCOCCOC)cc1. The third-order valence-electron chi connectivity index (χ3n) is 19.2. The third kappa shape index (κ3) is 87.1. The summed E-state index contributed by atoms with van der Waals surface area (Å²) in [5.41, 5.74) is 12.8. The molecule has 0 heterocycles. The zero-order chi connectivity index (χ0) is 106. The second kappa shape index (κ2) is 101. The van der Waals surface area contributed by atoms with Gasteiger partial charge in [-0.2, -0.15) is 0 Å². The van der Waals surface area contributed by atoms with E-state index in [4.69, 9.17) is 152 Å². The van der Waals surface area contributed by atoms with Gasteiger partial charge in [0.15, 0.2) is 5.79 Å². The summed E-state index contributed by atoms with van der Waals surface area (Å²) in [5.74, 6) is -2.46. The van der Waals surface area contributed by atoms with Gasteiger partial charge in [0.2, 0.25) is 0 Å². The molecule has 0 saturated heterocycles. The molecule has 4 aromatic rings. The monoisotopic (exact) mass is 2070 g/mol. The van der Waals surface area contributed by atoms with Gasteiger partial charge in [0.1, 0.15) is 25.4 Å². The maximum atomic E-state index is 10.8. The van der Waals surface area contributed by atoms with Gasteiger partial charge in [-0.3, -0.25) is 9.59 Å². The van der Waals surface area contributed by atoms with Crippen molar-refractivity contribution in [3.63, 3.8) is 0 Å². The quantitative estimate of drug-likeness (QED) is 0.0136. The summed E-state index contributed by atoms with van der Waals surface area (Å²) in [6, 6.07) is 31.9.